The first-order valence-electron chi connectivity index (χ1n) is 4.16. The Labute approximate surface area is 111 Å². The number of nitrogens with zero attached hydrogens (tertiary/aromatic N) is 1. The third kappa shape index (κ3) is 3.22. The van der Waals surface area contributed by atoms with E-state index in [0.717, 1.165) is 0 Å². The summed E-state index contributed by atoms with van der Waals surface area (Å²) in [5.74, 6) is 1.17. The zero-order chi connectivity index (χ0) is 11.5. The van der Waals surface area contributed by atoms with E-state index in [2.05, 4.69) is 15.3 Å². The number of H-pyrrole nitrogens is 1. The minimum atomic E-state index is -0.468. The number of aromatic nitrogens is 2. The Kier molecular flexibility index (Phi) is 4.66. The molecule has 0 fully saturated rings. The molecule has 0 amide bonds. The van der Waals surface area contributed by atoms with Gasteiger partial charge in [0.25, 0.3) is 5.56 Å². The van der Waals surface area contributed by atoms with Crippen molar-refractivity contribution < 1.29 is 0 Å². The van der Waals surface area contributed by atoms with Gasteiger partial charge in [0.15, 0.2) is 0 Å². The maximum atomic E-state index is 11.3. The molecule has 0 radical (unpaired) electrons. The molecule has 1 aromatic heterocycles. The number of hydrogen-bond donors (Lipinski definition) is 2. The van der Waals surface area contributed by atoms with Gasteiger partial charge in [0.2, 0.25) is 0 Å². The number of aromatic amines is 1. The predicted octanol–water partition coefficient (Wildman–Crippen LogP) is 2.02. The molecule has 1 heterocycles. The van der Waals surface area contributed by atoms with Crippen molar-refractivity contribution in [2.24, 2.45) is 0 Å². The van der Waals surface area contributed by atoms with Gasteiger partial charge in [-0.3, -0.25) is 4.79 Å². The van der Waals surface area contributed by atoms with Crippen molar-refractivity contribution in [1.82, 2.24) is 9.97 Å². The molecule has 0 aliphatic rings. The molecule has 2 N–H and O–H groups in total. The van der Waals surface area contributed by atoms with Crippen LogP contribution >= 0.6 is 45.8 Å². The Hall–Kier alpha value is -0.0100. The van der Waals surface area contributed by atoms with Gasteiger partial charge in [0.05, 0.1) is 11.9 Å². The standard InChI is InChI=1S/C8H10Cl2IN3O/c1-8(2-9,3-10)14-6-5(11)7(15)13-4-12-6/h4H,2-3H2,1H3,(H2,12,13,14,15). The highest BCUT2D eigenvalue weighted by atomic mass is 127. The lowest BCUT2D eigenvalue weighted by atomic mass is 10.1. The van der Waals surface area contributed by atoms with Crippen LogP contribution in [0.15, 0.2) is 11.1 Å². The second kappa shape index (κ2) is 5.36. The fourth-order valence-electron chi connectivity index (χ4n) is 0.859. The van der Waals surface area contributed by atoms with Gasteiger partial charge in [-0.25, -0.2) is 4.98 Å². The second-order valence-electron chi connectivity index (χ2n) is 3.35. The SMILES string of the molecule is CC(CCl)(CCl)Nc1nc[nH]c(=O)c1I. The molecule has 0 aliphatic carbocycles. The first kappa shape index (κ1) is 13.1. The molecule has 1 aromatic rings. The molecule has 0 saturated carbocycles. The molecule has 0 aromatic carbocycles. The van der Waals surface area contributed by atoms with Crippen LogP contribution in [-0.4, -0.2) is 27.3 Å². The van der Waals surface area contributed by atoms with Crippen molar-refractivity contribution in [2.75, 3.05) is 17.1 Å². The molecule has 4 nitrogen and oxygen atoms in total. The van der Waals surface area contributed by atoms with Crippen LogP contribution in [0.2, 0.25) is 0 Å². The maximum absolute atomic E-state index is 11.3. The van der Waals surface area contributed by atoms with Gasteiger partial charge in [-0.15, -0.1) is 23.2 Å². The summed E-state index contributed by atoms with van der Waals surface area (Å²) in [5, 5.41) is 3.06. The summed E-state index contributed by atoms with van der Waals surface area (Å²) in [7, 11) is 0. The topological polar surface area (TPSA) is 57.8 Å². The van der Waals surface area contributed by atoms with Crippen LogP contribution in [0.1, 0.15) is 6.92 Å². The Morgan fingerprint density at radius 2 is 2.20 bits per heavy atom. The maximum Gasteiger partial charge on any atom is 0.266 e. The molecule has 84 valence electrons. The summed E-state index contributed by atoms with van der Waals surface area (Å²) >= 11 is 13.5. The van der Waals surface area contributed by atoms with Crippen molar-refractivity contribution in [3.05, 3.63) is 20.3 Å². The van der Waals surface area contributed by atoms with Crippen LogP contribution in [0.3, 0.4) is 0 Å². The minimum absolute atomic E-state index is 0.181. The van der Waals surface area contributed by atoms with Crippen LogP contribution in [-0.2, 0) is 0 Å². The Bertz CT molecular complexity index is 392. The van der Waals surface area contributed by atoms with Crippen molar-refractivity contribution in [3.8, 4) is 0 Å². The van der Waals surface area contributed by atoms with E-state index in [1.54, 1.807) is 0 Å². The normalized spacial score (nSPS) is 11.5. The molecule has 0 unspecified atom stereocenters. The zero-order valence-corrected chi connectivity index (χ0v) is 11.7. The van der Waals surface area contributed by atoms with Crippen molar-refractivity contribution >= 4 is 51.6 Å². The molecule has 7 heteroatoms. The molecule has 0 atom stereocenters. The van der Waals surface area contributed by atoms with E-state index in [9.17, 15) is 4.79 Å². The van der Waals surface area contributed by atoms with Crippen LogP contribution in [0.25, 0.3) is 0 Å². The highest BCUT2D eigenvalue weighted by Crippen LogP contribution is 2.18. The summed E-state index contributed by atoms with van der Waals surface area (Å²) in [6.07, 6.45) is 1.34. The smallest absolute Gasteiger partial charge is 0.266 e. The molecular formula is C8H10Cl2IN3O. The molecule has 0 aliphatic heterocycles. The quantitative estimate of drug-likeness (QED) is 0.637. The van der Waals surface area contributed by atoms with E-state index in [-0.39, 0.29) is 5.56 Å². The Morgan fingerprint density at radius 3 is 2.73 bits per heavy atom. The molecular weight excluding hydrogens is 352 g/mol. The van der Waals surface area contributed by atoms with Gasteiger partial charge in [-0.1, -0.05) is 0 Å². The van der Waals surface area contributed by atoms with E-state index in [1.807, 2.05) is 29.5 Å². The van der Waals surface area contributed by atoms with E-state index < -0.39 is 5.54 Å². The number of alkyl halides is 2. The van der Waals surface area contributed by atoms with Crippen LogP contribution in [0.5, 0.6) is 0 Å². The third-order valence-corrected chi connectivity index (χ3v) is 3.99. The highest BCUT2D eigenvalue weighted by Gasteiger charge is 2.23. The van der Waals surface area contributed by atoms with Gasteiger partial charge in [0.1, 0.15) is 9.39 Å². The van der Waals surface area contributed by atoms with Crippen molar-refractivity contribution in [3.63, 3.8) is 0 Å². The van der Waals surface area contributed by atoms with E-state index in [0.29, 0.717) is 21.1 Å². The van der Waals surface area contributed by atoms with Gasteiger partial charge in [0, 0.05) is 11.8 Å². The van der Waals surface area contributed by atoms with Crippen LogP contribution < -0.4 is 10.9 Å². The first-order chi connectivity index (χ1) is 7.02. The number of hydrogen-bond acceptors (Lipinski definition) is 3. The number of halogens is 3. The minimum Gasteiger partial charge on any atom is -0.361 e. The largest absolute Gasteiger partial charge is 0.361 e. The molecule has 1 rings (SSSR count). The molecule has 0 saturated heterocycles. The fourth-order valence-corrected chi connectivity index (χ4v) is 1.71. The molecule has 15 heavy (non-hydrogen) atoms. The Balaban J connectivity index is 2.99. The average Bonchev–Trinajstić information content (AvgIpc) is 2.25. The predicted molar refractivity (Wildman–Crippen MR) is 71.0 cm³/mol. The summed E-state index contributed by atoms with van der Waals surface area (Å²) in [6.45, 7) is 1.87. The van der Waals surface area contributed by atoms with Crippen LogP contribution in [0, 0.1) is 3.57 Å². The number of rotatable bonds is 4. The van der Waals surface area contributed by atoms with Gasteiger partial charge in [-0.05, 0) is 29.5 Å². The lowest BCUT2D eigenvalue weighted by Crippen LogP contribution is -2.40. The van der Waals surface area contributed by atoms with E-state index >= 15 is 0 Å². The molecule has 0 bridgehead atoms. The zero-order valence-electron chi connectivity index (χ0n) is 7.98. The summed E-state index contributed by atoms with van der Waals surface area (Å²) in [5.41, 5.74) is -0.649. The Morgan fingerprint density at radius 1 is 1.60 bits per heavy atom. The van der Waals surface area contributed by atoms with Gasteiger partial charge < -0.3 is 10.3 Å². The lowest BCUT2D eigenvalue weighted by molar-refractivity contribution is 0.643. The summed E-state index contributed by atoms with van der Waals surface area (Å²) in [4.78, 5) is 17.8. The number of anilines is 1. The third-order valence-electron chi connectivity index (χ3n) is 1.81. The summed E-state index contributed by atoms with van der Waals surface area (Å²) in [6, 6.07) is 0. The molecule has 0 spiro atoms. The second-order valence-corrected chi connectivity index (χ2v) is 4.96. The van der Waals surface area contributed by atoms with Crippen LogP contribution in [0.4, 0.5) is 5.82 Å². The monoisotopic (exact) mass is 361 g/mol. The summed E-state index contributed by atoms with van der Waals surface area (Å²) < 4.78 is 0.497. The number of nitrogens with one attached hydrogen (secondary N) is 2. The van der Waals surface area contributed by atoms with E-state index in [4.69, 9.17) is 23.2 Å². The highest BCUT2D eigenvalue weighted by molar-refractivity contribution is 14.1. The average molecular weight is 362 g/mol. The van der Waals surface area contributed by atoms with E-state index in [1.165, 1.54) is 6.33 Å². The van der Waals surface area contributed by atoms with Crippen molar-refractivity contribution in [2.45, 2.75) is 12.5 Å². The van der Waals surface area contributed by atoms with Gasteiger partial charge in [-0.2, -0.15) is 0 Å². The fraction of sp³-hybridized carbons (Fsp3) is 0.500. The van der Waals surface area contributed by atoms with Gasteiger partial charge >= 0.3 is 0 Å². The lowest BCUT2D eigenvalue weighted by Gasteiger charge is -2.26. The van der Waals surface area contributed by atoms with Crippen molar-refractivity contribution in [1.29, 1.82) is 0 Å². The first-order valence-corrected chi connectivity index (χ1v) is 6.30.